The second-order valence-electron chi connectivity index (χ2n) is 8.87. The fourth-order valence-corrected chi connectivity index (χ4v) is 5.34. The first-order valence-electron chi connectivity index (χ1n) is 9.91. The summed E-state index contributed by atoms with van der Waals surface area (Å²) in [4.78, 5) is 25.7. The molecule has 0 aromatic carbocycles. The second-order valence-corrected chi connectivity index (χ2v) is 10.6. The average Bonchev–Trinajstić information content (AvgIpc) is 3.12. The Morgan fingerprint density at radius 2 is 2.17 bits per heavy atom. The summed E-state index contributed by atoms with van der Waals surface area (Å²) >= 11 is 7.45. The van der Waals surface area contributed by atoms with Gasteiger partial charge in [0.05, 0.1) is 20.2 Å². The van der Waals surface area contributed by atoms with Gasteiger partial charge in [-0.2, -0.15) is 5.10 Å². The first kappa shape index (κ1) is 21.3. The van der Waals surface area contributed by atoms with E-state index in [-0.39, 0.29) is 24.3 Å². The van der Waals surface area contributed by atoms with Gasteiger partial charge in [-0.15, -0.1) is 11.3 Å². The standard InChI is InChI=1S/C20H25ClN4O4S/c1-19(2,28)18-23-24(10-16(26)22-11-5-4-6-20(3,29)9-11)17(27)13-7-14-12(25(13)18)8-15(21)30-14/h7-8,11,28-29H,4-6,9-10H2,1-3H3,(H,22,26)/t11-,20-/m1/s1. The van der Waals surface area contributed by atoms with E-state index in [0.29, 0.717) is 28.2 Å². The first-order chi connectivity index (χ1) is 13.9. The lowest BCUT2D eigenvalue weighted by Crippen LogP contribution is -2.46. The number of fused-ring (bicyclic) bond motifs is 3. The van der Waals surface area contributed by atoms with Crippen molar-refractivity contribution in [3.05, 3.63) is 32.6 Å². The number of halogens is 1. The number of hydrogen-bond acceptors (Lipinski definition) is 6. The summed E-state index contributed by atoms with van der Waals surface area (Å²) in [6.07, 6.45) is 2.80. The van der Waals surface area contributed by atoms with E-state index in [9.17, 15) is 19.8 Å². The quantitative estimate of drug-likeness (QED) is 0.563. The van der Waals surface area contributed by atoms with Gasteiger partial charge in [-0.05, 0) is 58.6 Å². The van der Waals surface area contributed by atoms with Crippen LogP contribution in [0.25, 0.3) is 15.7 Å². The Kier molecular flexibility index (Phi) is 5.21. The number of carbonyl (C=O) groups excluding carboxylic acids is 1. The van der Waals surface area contributed by atoms with Crippen LogP contribution < -0.4 is 10.9 Å². The summed E-state index contributed by atoms with van der Waals surface area (Å²) in [6, 6.07) is 3.30. The Morgan fingerprint density at radius 3 is 2.83 bits per heavy atom. The third kappa shape index (κ3) is 3.99. The van der Waals surface area contributed by atoms with Crippen LogP contribution in [0.4, 0.5) is 0 Å². The number of hydrogen-bond donors (Lipinski definition) is 3. The monoisotopic (exact) mass is 452 g/mol. The van der Waals surface area contributed by atoms with E-state index in [4.69, 9.17) is 11.6 Å². The van der Waals surface area contributed by atoms with Gasteiger partial charge >= 0.3 is 0 Å². The number of amides is 1. The maximum Gasteiger partial charge on any atom is 0.291 e. The number of thiophene rings is 1. The van der Waals surface area contributed by atoms with Crippen molar-refractivity contribution in [1.82, 2.24) is 19.5 Å². The van der Waals surface area contributed by atoms with Gasteiger partial charge in [0.15, 0.2) is 5.82 Å². The minimum absolute atomic E-state index is 0.143. The van der Waals surface area contributed by atoms with Crippen LogP contribution in [-0.2, 0) is 16.9 Å². The lowest BCUT2D eigenvalue weighted by atomic mass is 9.83. The first-order valence-corrected chi connectivity index (χ1v) is 11.1. The third-order valence-corrected chi connectivity index (χ3v) is 6.70. The number of aliphatic hydroxyl groups is 2. The van der Waals surface area contributed by atoms with Crippen molar-refractivity contribution < 1.29 is 15.0 Å². The summed E-state index contributed by atoms with van der Waals surface area (Å²) in [5.74, 6) is -0.107. The van der Waals surface area contributed by atoms with E-state index in [1.807, 2.05) is 0 Å². The molecule has 1 aliphatic carbocycles. The Morgan fingerprint density at radius 1 is 1.43 bits per heavy atom. The summed E-state index contributed by atoms with van der Waals surface area (Å²) in [5.41, 5.74) is -1.55. The number of rotatable bonds is 4. The molecule has 0 saturated heterocycles. The fourth-order valence-electron chi connectivity index (χ4n) is 4.18. The molecule has 2 atom stereocenters. The zero-order chi connectivity index (χ0) is 21.8. The van der Waals surface area contributed by atoms with Gasteiger partial charge in [0.2, 0.25) is 5.91 Å². The van der Waals surface area contributed by atoms with Crippen molar-refractivity contribution in [2.75, 3.05) is 0 Å². The van der Waals surface area contributed by atoms with E-state index in [2.05, 4.69) is 10.4 Å². The largest absolute Gasteiger partial charge is 0.390 e. The van der Waals surface area contributed by atoms with Gasteiger partial charge in [-0.25, -0.2) is 4.68 Å². The van der Waals surface area contributed by atoms with Crippen LogP contribution in [0.3, 0.4) is 0 Å². The van der Waals surface area contributed by atoms with Gasteiger partial charge in [0, 0.05) is 6.04 Å². The van der Waals surface area contributed by atoms with E-state index in [0.717, 1.165) is 22.2 Å². The Balaban J connectivity index is 1.70. The Hall–Kier alpha value is -1.94. The third-order valence-electron chi connectivity index (χ3n) is 5.50. The van der Waals surface area contributed by atoms with Crippen molar-refractivity contribution in [3.63, 3.8) is 0 Å². The van der Waals surface area contributed by atoms with Crippen LogP contribution in [0.1, 0.15) is 52.3 Å². The fraction of sp³-hybridized carbons (Fsp3) is 0.550. The molecule has 3 aromatic heterocycles. The molecule has 30 heavy (non-hydrogen) atoms. The lowest BCUT2D eigenvalue weighted by Gasteiger charge is -2.34. The number of nitrogens with one attached hydrogen (secondary N) is 1. The van der Waals surface area contributed by atoms with Gasteiger partial charge in [0.1, 0.15) is 17.7 Å². The minimum Gasteiger partial charge on any atom is -0.390 e. The van der Waals surface area contributed by atoms with Gasteiger partial charge in [0.25, 0.3) is 5.56 Å². The number of nitrogens with zero attached hydrogens (tertiary/aromatic N) is 3. The summed E-state index contributed by atoms with van der Waals surface area (Å²) in [7, 11) is 0. The molecule has 0 bridgehead atoms. The van der Waals surface area contributed by atoms with Crippen LogP contribution in [-0.4, -0.2) is 41.9 Å². The molecular formula is C20H25ClN4O4S. The smallest absolute Gasteiger partial charge is 0.291 e. The molecule has 3 aromatic rings. The zero-order valence-electron chi connectivity index (χ0n) is 17.1. The molecule has 3 N–H and O–H groups in total. The molecule has 1 aliphatic rings. The maximum atomic E-state index is 13.0. The van der Waals surface area contributed by atoms with Crippen LogP contribution >= 0.6 is 22.9 Å². The summed E-state index contributed by atoms with van der Waals surface area (Å²) in [5, 5.41) is 28.2. The van der Waals surface area contributed by atoms with E-state index < -0.39 is 16.8 Å². The number of carbonyl (C=O) groups is 1. The van der Waals surface area contributed by atoms with Crippen molar-refractivity contribution in [3.8, 4) is 0 Å². The van der Waals surface area contributed by atoms with E-state index in [1.54, 1.807) is 37.3 Å². The molecule has 0 aliphatic heterocycles. The average molecular weight is 453 g/mol. The molecule has 1 saturated carbocycles. The van der Waals surface area contributed by atoms with E-state index >= 15 is 0 Å². The summed E-state index contributed by atoms with van der Waals surface area (Å²) in [6.45, 7) is 4.66. The molecular weight excluding hydrogens is 428 g/mol. The molecule has 0 radical (unpaired) electrons. The topological polar surface area (TPSA) is 109 Å². The van der Waals surface area contributed by atoms with Gasteiger partial charge in [-0.3, -0.25) is 14.0 Å². The van der Waals surface area contributed by atoms with E-state index in [1.165, 1.54) is 11.3 Å². The Bertz CT molecular complexity index is 1190. The molecule has 3 heterocycles. The maximum absolute atomic E-state index is 13.0. The second kappa shape index (κ2) is 7.33. The molecule has 1 amide bonds. The molecule has 162 valence electrons. The molecule has 1 fully saturated rings. The highest BCUT2D eigenvalue weighted by molar-refractivity contribution is 7.22. The molecule has 0 spiro atoms. The lowest BCUT2D eigenvalue weighted by molar-refractivity contribution is -0.123. The molecule has 0 unspecified atom stereocenters. The summed E-state index contributed by atoms with van der Waals surface area (Å²) < 4.78 is 4.07. The highest BCUT2D eigenvalue weighted by atomic mass is 35.5. The van der Waals surface area contributed by atoms with Crippen molar-refractivity contribution in [2.45, 2.75) is 70.2 Å². The normalized spacial score (nSPS) is 22.7. The van der Waals surface area contributed by atoms with Crippen LogP contribution in [0.15, 0.2) is 16.9 Å². The van der Waals surface area contributed by atoms with Crippen LogP contribution in [0.5, 0.6) is 0 Å². The van der Waals surface area contributed by atoms with Crippen LogP contribution in [0.2, 0.25) is 4.34 Å². The minimum atomic E-state index is -1.35. The van der Waals surface area contributed by atoms with Crippen LogP contribution in [0, 0.1) is 0 Å². The van der Waals surface area contributed by atoms with Crippen molar-refractivity contribution >= 4 is 44.6 Å². The highest BCUT2D eigenvalue weighted by Gasteiger charge is 2.31. The predicted octanol–water partition coefficient (Wildman–Crippen LogP) is 2.40. The van der Waals surface area contributed by atoms with Crippen molar-refractivity contribution in [1.29, 1.82) is 0 Å². The molecule has 10 heteroatoms. The zero-order valence-corrected chi connectivity index (χ0v) is 18.7. The molecule has 4 rings (SSSR count). The Labute approximate surface area is 182 Å². The number of aromatic nitrogens is 3. The van der Waals surface area contributed by atoms with Gasteiger partial charge < -0.3 is 15.5 Å². The molecule has 8 nitrogen and oxygen atoms in total. The highest BCUT2D eigenvalue weighted by Crippen LogP contribution is 2.33. The SMILES string of the molecule is CC(C)(O)c1nn(CC(=O)N[C@@H]2CCC[C@@](C)(O)C2)c(=O)c2cc3sc(Cl)cc3n12. The van der Waals surface area contributed by atoms with Crippen molar-refractivity contribution in [2.24, 2.45) is 0 Å². The van der Waals surface area contributed by atoms with Gasteiger partial charge in [-0.1, -0.05) is 11.6 Å². The predicted molar refractivity (Wildman–Crippen MR) is 116 cm³/mol.